The number of rotatable bonds is 6. The Hall–Kier alpha value is -1.88. The number of nitrogens with one attached hydrogen (secondary N) is 1. The topological polar surface area (TPSA) is 75.4 Å². The smallest absolute Gasteiger partial charge is 0.253 e. The van der Waals surface area contributed by atoms with Crippen LogP contribution in [0.15, 0.2) is 24.3 Å². The van der Waals surface area contributed by atoms with Crippen molar-refractivity contribution < 1.29 is 9.59 Å². The summed E-state index contributed by atoms with van der Waals surface area (Å²) >= 11 is 0. The lowest BCUT2D eigenvalue weighted by Gasteiger charge is -2.19. The van der Waals surface area contributed by atoms with E-state index >= 15 is 0 Å². The zero-order valence-electron chi connectivity index (χ0n) is 13.2. The molecular weight excluding hydrogens is 266 g/mol. The fraction of sp³-hybridized carbons (Fsp3) is 0.500. The van der Waals surface area contributed by atoms with Gasteiger partial charge in [0.15, 0.2) is 0 Å². The van der Waals surface area contributed by atoms with Crippen LogP contribution in [0.3, 0.4) is 0 Å². The molecule has 1 rings (SSSR count). The van der Waals surface area contributed by atoms with E-state index in [0.29, 0.717) is 23.6 Å². The molecule has 0 bridgehead atoms. The zero-order chi connectivity index (χ0) is 16.0. The molecule has 0 heterocycles. The van der Waals surface area contributed by atoms with Gasteiger partial charge in [0, 0.05) is 37.8 Å². The van der Waals surface area contributed by atoms with Crippen LogP contribution < -0.4 is 11.1 Å². The molecule has 21 heavy (non-hydrogen) atoms. The second-order valence-electron chi connectivity index (χ2n) is 5.81. The Morgan fingerprint density at radius 2 is 1.67 bits per heavy atom. The van der Waals surface area contributed by atoms with E-state index in [1.54, 1.807) is 38.4 Å². The normalized spacial score (nSPS) is 12.1. The molecule has 1 aromatic rings. The number of benzene rings is 1. The molecule has 1 aromatic carbocycles. The molecule has 0 aliphatic carbocycles. The summed E-state index contributed by atoms with van der Waals surface area (Å²) in [6.07, 6.45) is 0.847. The third-order valence-corrected chi connectivity index (χ3v) is 3.18. The van der Waals surface area contributed by atoms with Gasteiger partial charge in [0.05, 0.1) is 0 Å². The molecule has 0 aromatic heterocycles. The van der Waals surface area contributed by atoms with Crippen LogP contribution in [0.2, 0.25) is 0 Å². The first-order valence-electron chi connectivity index (χ1n) is 7.17. The average molecular weight is 291 g/mol. The Kier molecular flexibility index (Phi) is 6.37. The van der Waals surface area contributed by atoms with Crippen molar-refractivity contribution in [2.24, 2.45) is 11.7 Å². The van der Waals surface area contributed by atoms with Gasteiger partial charge in [0.2, 0.25) is 0 Å². The van der Waals surface area contributed by atoms with Crippen molar-refractivity contribution in [1.29, 1.82) is 0 Å². The summed E-state index contributed by atoms with van der Waals surface area (Å²) in [5, 5.41) is 2.93. The number of carbonyl (C=O) groups is 2. The van der Waals surface area contributed by atoms with E-state index in [1.807, 2.05) is 0 Å². The van der Waals surface area contributed by atoms with Crippen LogP contribution in [-0.2, 0) is 0 Å². The van der Waals surface area contributed by atoms with Gasteiger partial charge in [-0.1, -0.05) is 13.8 Å². The maximum atomic E-state index is 12.1. The first-order chi connectivity index (χ1) is 9.85. The molecule has 3 N–H and O–H groups in total. The van der Waals surface area contributed by atoms with E-state index in [9.17, 15) is 9.59 Å². The van der Waals surface area contributed by atoms with Crippen molar-refractivity contribution in [2.75, 3.05) is 20.6 Å². The summed E-state index contributed by atoms with van der Waals surface area (Å²) in [5.41, 5.74) is 6.78. The van der Waals surface area contributed by atoms with Crippen LogP contribution >= 0.6 is 0 Å². The highest BCUT2D eigenvalue weighted by atomic mass is 16.2. The molecule has 0 spiro atoms. The van der Waals surface area contributed by atoms with Crippen molar-refractivity contribution in [3.8, 4) is 0 Å². The largest absolute Gasteiger partial charge is 0.348 e. The van der Waals surface area contributed by atoms with Crippen LogP contribution in [0.25, 0.3) is 0 Å². The average Bonchev–Trinajstić information content (AvgIpc) is 2.45. The summed E-state index contributed by atoms with van der Waals surface area (Å²) in [4.78, 5) is 25.4. The fourth-order valence-corrected chi connectivity index (χ4v) is 2.07. The lowest BCUT2D eigenvalue weighted by molar-refractivity contribution is 0.0826. The van der Waals surface area contributed by atoms with Crippen molar-refractivity contribution in [1.82, 2.24) is 10.2 Å². The van der Waals surface area contributed by atoms with Gasteiger partial charge in [-0.25, -0.2) is 0 Å². The maximum Gasteiger partial charge on any atom is 0.253 e. The number of nitrogens with two attached hydrogens (primary N) is 1. The van der Waals surface area contributed by atoms with Crippen molar-refractivity contribution in [3.63, 3.8) is 0 Å². The van der Waals surface area contributed by atoms with Crippen molar-refractivity contribution in [3.05, 3.63) is 35.4 Å². The third kappa shape index (κ3) is 5.19. The van der Waals surface area contributed by atoms with Crippen LogP contribution in [0.4, 0.5) is 0 Å². The molecule has 0 saturated heterocycles. The standard InChI is InChI=1S/C16H25N3O2/c1-11(2)9-14(10-17)18-15(20)12-5-7-13(8-6-12)16(21)19(3)4/h5-8,11,14H,9-10,17H2,1-4H3,(H,18,20). The molecule has 5 nitrogen and oxygen atoms in total. The maximum absolute atomic E-state index is 12.1. The minimum atomic E-state index is -0.157. The predicted molar refractivity (Wildman–Crippen MR) is 84.2 cm³/mol. The molecule has 2 amide bonds. The van der Waals surface area contributed by atoms with Gasteiger partial charge in [0.25, 0.3) is 11.8 Å². The van der Waals surface area contributed by atoms with E-state index < -0.39 is 0 Å². The predicted octanol–water partition coefficient (Wildman–Crippen LogP) is 1.49. The van der Waals surface area contributed by atoms with Gasteiger partial charge in [-0.15, -0.1) is 0 Å². The van der Waals surface area contributed by atoms with Crippen molar-refractivity contribution in [2.45, 2.75) is 26.3 Å². The van der Waals surface area contributed by atoms with Gasteiger partial charge in [-0.3, -0.25) is 9.59 Å². The summed E-state index contributed by atoms with van der Waals surface area (Å²) in [5.74, 6) is 0.232. The van der Waals surface area contributed by atoms with Crippen LogP contribution in [0, 0.1) is 5.92 Å². The zero-order valence-corrected chi connectivity index (χ0v) is 13.2. The Morgan fingerprint density at radius 3 is 2.10 bits per heavy atom. The molecular formula is C16H25N3O2. The van der Waals surface area contributed by atoms with E-state index in [-0.39, 0.29) is 17.9 Å². The monoisotopic (exact) mass is 291 g/mol. The van der Waals surface area contributed by atoms with E-state index in [0.717, 1.165) is 6.42 Å². The number of nitrogens with zero attached hydrogens (tertiary/aromatic N) is 1. The highest BCUT2D eigenvalue weighted by Gasteiger charge is 2.14. The molecule has 0 aliphatic rings. The van der Waals surface area contributed by atoms with Crippen LogP contribution in [-0.4, -0.2) is 43.4 Å². The van der Waals surface area contributed by atoms with Crippen molar-refractivity contribution >= 4 is 11.8 Å². The van der Waals surface area contributed by atoms with Gasteiger partial charge in [-0.05, 0) is 36.6 Å². The summed E-state index contributed by atoms with van der Waals surface area (Å²) in [6.45, 7) is 4.61. The Morgan fingerprint density at radius 1 is 1.14 bits per heavy atom. The van der Waals surface area contributed by atoms with E-state index in [1.165, 1.54) is 4.90 Å². The van der Waals surface area contributed by atoms with Gasteiger partial charge >= 0.3 is 0 Å². The highest BCUT2D eigenvalue weighted by Crippen LogP contribution is 2.08. The highest BCUT2D eigenvalue weighted by molar-refractivity contribution is 5.97. The summed E-state index contributed by atoms with van der Waals surface area (Å²) in [6, 6.07) is 6.62. The number of hydrogen-bond acceptors (Lipinski definition) is 3. The molecule has 0 saturated carbocycles. The van der Waals surface area contributed by atoms with E-state index in [2.05, 4.69) is 19.2 Å². The number of carbonyl (C=O) groups excluding carboxylic acids is 2. The minimum absolute atomic E-state index is 0.0272. The van der Waals surface area contributed by atoms with E-state index in [4.69, 9.17) is 5.73 Å². The number of hydrogen-bond donors (Lipinski definition) is 2. The van der Waals surface area contributed by atoms with Gasteiger partial charge in [0.1, 0.15) is 0 Å². The first kappa shape index (κ1) is 17.2. The molecule has 0 aliphatic heterocycles. The van der Waals surface area contributed by atoms with Gasteiger partial charge in [-0.2, -0.15) is 0 Å². The number of amides is 2. The molecule has 5 heteroatoms. The third-order valence-electron chi connectivity index (χ3n) is 3.18. The quantitative estimate of drug-likeness (QED) is 0.834. The Labute approximate surface area is 126 Å². The summed E-state index contributed by atoms with van der Waals surface area (Å²) < 4.78 is 0. The second kappa shape index (κ2) is 7.78. The molecule has 116 valence electrons. The first-order valence-corrected chi connectivity index (χ1v) is 7.17. The Bertz CT molecular complexity index is 481. The molecule has 0 radical (unpaired) electrons. The minimum Gasteiger partial charge on any atom is -0.348 e. The molecule has 0 fully saturated rings. The lowest BCUT2D eigenvalue weighted by Crippen LogP contribution is -2.41. The van der Waals surface area contributed by atoms with Crippen LogP contribution in [0.5, 0.6) is 0 Å². The lowest BCUT2D eigenvalue weighted by atomic mass is 10.0. The summed E-state index contributed by atoms with van der Waals surface area (Å²) in [7, 11) is 3.39. The second-order valence-corrected chi connectivity index (χ2v) is 5.81. The fourth-order valence-electron chi connectivity index (χ4n) is 2.07. The molecule has 1 unspecified atom stereocenters. The Balaban J connectivity index is 2.73. The van der Waals surface area contributed by atoms with Crippen LogP contribution in [0.1, 0.15) is 41.0 Å². The van der Waals surface area contributed by atoms with Gasteiger partial charge < -0.3 is 16.0 Å². The SMILES string of the molecule is CC(C)CC(CN)NC(=O)c1ccc(C(=O)N(C)C)cc1. The molecule has 1 atom stereocenters.